The zero-order valence-electron chi connectivity index (χ0n) is 13.1. The monoisotopic (exact) mass is 402 g/mol. The first-order valence-corrected chi connectivity index (χ1v) is 5.44. The molecular weight excluding hydrogens is 388 g/mol. The van der Waals surface area contributed by atoms with Crippen LogP contribution in [0.2, 0.25) is 0 Å². The maximum Gasteiger partial charge on any atom is 3.00 e. The molecule has 12 heteroatoms. The Morgan fingerprint density at radius 3 is 0.909 bits per heavy atom. The van der Waals surface area contributed by atoms with Gasteiger partial charge in [-0.15, -0.1) is 0 Å². The quantitative estimate of drug-likeness (QED) is 0.303. The molecule has 0 fully saturated rings. The van der Waals surface area contributed by atoms with Crippen molar-refractivity contribution in [1.29, 1.82) is 0 Å². The summed E-state index contributed by atoms with van der Waals surface area (Å²) in [5.41, 5.74) is 0. The zero-order chi connectivity index (χ0) is 15.7. The zero-order valence-corrected chi connectivity index (χ0v) is 13.3. The van der Waals surface area contributed by atoms with E-state index in [1.54, 1.807) is 0 Å². The van der Waals surface area contributed by atoms with E-state index in [1.807, 2.05) is 0 Å². The molecule has 0 aliphatic rings. The standard InChI is InChI=1S/C10H16N2O8.2Fe.2H/c13-7(14)3-11(4-8(15)16)1-2-12(5-9(17)18)6-10(19)20;;;;/h1-6H2,(H,13,14)(H,15,16)(H,17,18)(H,19,20);;;;/q;2*+3;2*-1/p-4. The van der Waals surface area contributed by atoms with Gasteiger partial charge in [0.1, 0.15) is 0 Å². The minimum atomic E-state index is -1.53. The van der Waals surface area contributed by atoms with Crippen LogP contribution in [0.25, 0.3) is 0 Å². The molecule has 0 saturated heterocycles. The molecule has 0 N–H and O–H groups in total. The van der Waals surface area contributed by atoms with E-state index in [1.165, 1.54) is 0 Å². The van der Waals surface area contributed by atoms with Crippen LogP contribution in [0, 0.1) is 0 Å². The number of carboxylic acid groups (broad SMARTS) is 4. The molecule has 0 unspecified atom stereocenters. The molecule has 0 aliphatic carbocycles. The Hall–Kier alpha value is -1.16. The maximum atomic E-state index is 10.4. The molecule has 2 radical (unpaired) electrons. The Bertz CT molecular complexity index is 335. The first kappa shape index (κ1) is 25.8. The van der Waals surface area contributed by atoms with E-state index in [0.717, 1.165) is 9.80 Å². The number of hydrogen-bond donors (Lipinski definition) is 0. The van der Waals surface area contributed by atoms with E-state index >= 15 is 0 Å². The van der Waals surface area contributed by atoms with Gasteiger partial charge < -0.3 is 42.5 Å². The molecule has 0 aliphatic heterocycles. The van der Waals surface area contributed by atoms with Crippen molar-refractivity contribution >= 4 is 23.9 Å². The van der Waals surface area contributed by atoms with E-state index in [-0.39, 0.29) is 50.1 Å². The van der Waals surface area contributed by atoms with Crippen LogP contribution in [0.5, 0.6) is 0 Å². The Labute approximate surface area is 150 Å². The van der Waals surface area contributed by atoms with E-state index in [9.17, 15) is 39.6 Å². The third-order valence-electron chi connectivity index (χ3n) is 2.14. The van der Waals surface area contributed by atoms with Gasteiger partial charge in [0.2, 0.25) is 0 Å². The fraction of sp³-hybridized carbons (Fsp3) is 0.600. The van der Waals surface area contributed by atoms with E-state index < -0.39 is 50.1 Å². The number of rotatable bonds is 11. The van der Waals surface area contributed by atoms with Crippen molar-refractivity contribution in [3.05, 3.63) is 0 Å². The van der Waals surface area contributed by atoms with Gasteiger partial charge in [-0.1, -0.05) is 0 Å². The van der Waals surface area contributed by atoms with Gasteiger partial charge in [0.25, 0.3) is 0 Å². The Balaban J connectivity index is -0.000000301. The molecule has 22 heavy (non-hydrogen) atoms. The fourth-order valence-corrected chi connectivity index (χ4v) is 1.44. The largest absolute Gasteiger partial charge is 3.00 e. The summed E-state index contributed by atoms with van der Waals surface area (Å²) in [4.78, 5) is 43.4. The molecule has 0 aromatic rings. The number of carbonyl (C=O) groups excluding carboxylic acids is 4. The minimum Gasteiger partial charge on any atom is -1.00 e. The van der Waals surface area contributed by atoms with Gasteiger partial charge in [-0.2, -0.15) is 0 Å². The average molecular weight is 402 g/mol. The van der Waals surface area contributed by atoms with Crippen LogP contribution in [0.15, 0.2) is 0 Å². The molecule has 0 heterocycles. The molecule has 0 spiro atoms. The number of carbonyl (C=O) groups is 4. The molecule has 10 nitrogen and oxygen atoms in total. The molecular formula is C10H14Fe2N2O8. The molecule has 0 atom stereocenters. The van der Waals surface area contributed by atoms with Gasteiger partial charge in [-0.25, -0.2) is 0 Å². The summed E-state index contributed by atoms with van der Waals surface area (Å²) < 4.78 is 0. The molecule has 0 bridgehead atoms. The first-order valence-electron chi connectivity index (χ1n) is 5.44. The predicted molar refractivity (Wildman–Crippen MR) is 55.1 cm³/mol. The Morgan fingerprint density at radius 1 is 0.591 bits per heavy atom. The normalized spacial score (nSPS) is 9.73. The topological polar surface area (TPSA) is 167 Å². The van der Waals surface area contributed by atoms with Crippen molar-refractivity contribution in [3.63, 3.8) is 0 Å². The Morgan fingerprint density at radius 2 is 0.773 bits per heavy atom. The smallest absolute Gasteiger partial charge is 1.00 e. The summed E-state index contributed by atoms with van der Waals surface area (Å²) in [6.45, 7) is -3.25. The van der Waals surface area contributed by atoms with E-state index in [0.29, 0.717) is 0 Å². The van der Waals surface area contributed by atoms with Crippen LogP contribution >= 0.6 is 0 Å². The first-order chi connectivity index (χ1) is 9.20. The number of nitrogens with zero attached hydrogens (tertiary/aromatic N) is 2. The van der Waals surface area contributed by atoms with Crippen LogP contribution in [-0.4, -0.2) is 72.9 Å². The Kier molecular flexibility index (Phi) is 15.8. The maximum absolute atomic E-state index is 10.4. The van der Waals surface area contributed by atoms with Crippen LogP contribution in [-0.2, 0) is 53.3 Å². The molecule has 0 amide bonds. The second-order valence-electron chi connectivity index (χ2n) is 3.91. The summed E-state index contributed by atoms with van der Waals surface area (Å²) in [7, 11) is 0. The summed E-state index contributed by atoms with van der Waals surface area (Å²) >= 11 is 0. The van der Waals surface area contributed by atoms with E-state index in [4.69, 9.17) is 0 Å². The van der Waals surface area contributed by atoms with Gasteiger partial charge in [-0.05, 0) is 0 Å². The summed E-state index contributed by atoms with van der Waals surface area (Å²) in [6.07, 6.45) is 0. The van der Waals surface area contributed by atoms with Gasteiger partial charge in [0.05, 0.1) is 23.9 Å². The van der Waals surface area contributed by atoms with Gasteiger partial charge >= 0.3 is 34.1 Å². The third kappa shape index (κ3) is 15.2. The van der Waals surface area contributed by atoms with Crippen molar-refractivity contribution < 1.29 is 76.6 Å². The van der Waals surface area contributed by atoms with Crippen molar-refractivity contribution in [2.75, 3.05) is 39.3 Å². The fourth-order valence-electron chi connectivity index (χ4n) is 1.44. The van der Waals surface area contributed by atoms with Gasteiger partial charge in [0, 0.05) is 39.3 Å². The molecule has 0 aromatic carbocycles. The van der Waals surface area contributed by atoms with Crippen molar-refractivity contribution in [1.82, 2.24) is 9.80 Å². The number of aliphatic carboxylic acids is 4. The minimum absolute atomic E-state index is 0. The van der Waals surface area contributed by atoms with Gasteiger partial charge in [0.15, 0.2) is 0 Å². The average Bonchev–Trinajstić information content (AvgIpc) is 2.22. The number of hydrogen-bond acceptors (Lipinski definition) is 10. The summed E-state index contributed by atoms with van der Waals surface area (Å²) in [5.74, 6) is -6.12. The SMILES string of the molecule is O=C([O-])CN(CCN(CC(=O)[O-])CC(=O)[O-])CC(=O)[O-].[Fe+3].[Fe+3].[H-].[H-]. The van der Waals surface area contributed by atoms with Crippen molar-refractivity contribution in [3.8, 4) is 0 Å². The van der Waals surface area contributed by atoms with Crippen molar-refractivity contribution in [2.24, 2.45) is 0 Å². The summed E-state index contributed by atoms with van der Waals surface area (Å²) in [6, 6.07) is 0. The molecule has 128 valence electrons. The van der Waals surface area contributed by atoms with Crippen LogP contribution in [0.3, 0.4) is 0 Å². The molecule has 0 saturated carbocycles. The second kappa shape index (κ2) is 13.5. The van der Waals surface area contributed by atoms with Crippen LogP contribution in [0.4, 0.5) is 0 Å². The molecule has 0 rings (SSSR count). The van der Waals surface area contributed by atoms with Crippen molar-refractivity contribution in [2.45, 2.75) is 0 Å². The van der Waals surface area contributed by atoms with Crippen LogP contribution in [0.1, 0.15) is 2.85 Å². The van der Waals surface area contributed by atoms with Gasteiger partial charge in [-0.3, -0.25) is 9.80 Å². The third-order valence-corrected chi connectivity index (χ3v) is 2.14. The predicted octanol–water partition coefficient (Wildman–Crippen LogP) is -7.19. The van der Waals surface area contributed by atoms with E-state index in [2.05, 4.69) is 0 Å². The summed E-state index contributed by atoms with van der Waals surface area (Å²) in [5, 5.41) is 41.6. The van der Waals surface area contributed by atoms with Crippen LogP contribution < -0.4 is 20.4 Å². The second-order valence-corrected chi connectivity index (χ2v) is 3.91. The number of carboxylic acids is 4. The molecule has 0 aromatic heterocycles.